The van der Waals surface area contributed by atoms with Crippen molar-refractivity contribution in [2.75, 3.05) is 40.8 Å². The molecule has 0 spiro atoms. The summed E-state index contributed by atoms with van der Waals surface area (Å²) in [6.07, 6.45) is 9.35. The van der Waals surface area contributed by atoms with E-state index >= 15 is 0 Å². The molecule has 0 saturated heterocycles. The van der Waals surface area contributed by atoms with Crippen molar-refractivity contribution in [3.05, 3.63) is 72.1 Å². The normalized spacial score (nSPS) is 17.7. The molecule has 262 valence electrons. The number of benzene rings is 2. The molecule has 6 rings (SSSR count). The van der Waals surface area contributed by atoms with Gasteiger partial charge in [-0.3, -0.25) is 26.8 Å². The quantitative estimate of drug-likeness (QED) is 0.0904. The van der Waals surface area contributed by atoms with Crippen molar-refractivity contribution in [3.8, 4) is 0 Å². The third kappa shape index (κ3) is 8.54. The van der Waals surface area contributed by atoms with E-state index in [1.54, 1.807) is 8.68 Å². The molecule has 2 heterocycles. The molecule has 0 aliphatic heterocycles. The van der Waals surface area contributed by atoms with E-state index in [0.717, 1.165) is 91.1 Å². The maximum atomic E-state index is 14.6. The second-order valence-electron chi connectivity index (χ2n) is 14.0. The van der Waals surface area contributed by atoms with E-state index in [0.29, 0.717) is 6.42 Å². The fourth-order valence-electron chi connectivity index (χ4n) is 5.96. The molecule has 12 heteroatoms. The van der Waals surface area contributed by atoms with Crippen molar-refractivity contribution >= 4 is 37.3 Å². The summed E-state index contributed by atoms with van der Waals surface area (Å²) in [6, 6.07) is 16.1. The Labute approximate surface area is 285 Å². The van der Waals surface area contributed by atoms with Gasteiger partial charge in [0.15, 0.2) is 0 Å². The summed E-state index contributed by atoms with van der Waals surface area (Å²) < 4.78 is 56.8. The van der Waals surface area contributed by atoms with Gasteiger partial charge in [-0.15, -0.1) is 0 Å². The number of hydrogen-bond acceptors (Lipinski definition) is 8. The Kier molecular flexibility index (Phi) is 11.1. The van der Waals surface area contributed by atoms with E-state index in [4.69, 9.17) is 18.1 Å². The SMILES string of the molecule is CC(C)OP(=O)(OC(C)CCN(C)CCc1cn(P(=O)(OC2CC2)OC2CC2)c2ccccc12)n1cc(CCN(C)C)c2ccccc21. The summed E-state index contributed by atoms with van der Waals surface area (Å²) in [5, 5.41) is 2.14. The third-order valence-corrected chi connectivity index (χ3v) is 13.0. The Morgan fingerprint density at radius 1 is 0.708 bits per heavy atom. The Morgan fingerprint density at radius 2 is 1.21 bits per heavy atom. The predicted molar refractivity (Wildman–Crippen MR) is 193 cm³/mol. The highest BCUT2D eigenvalue weighted by atomic mass is 31.2. The fraction of sp³-hybridized carbons (Fsp3) is 0.556. The molecule has 0 N–H and O–H groups in total. The van der Waals surface area contributed by atoms with Gasteiger partial charge in [0.2, 0.25) is 0 Å². The number of para-hydroxylation sites is 2. The van der Waals surface area contributed by atoms with Crippen molar-refractivity contribution in [1.82, 2.24) is 18.5 Å². The molecule has 2 unspecified atom stereocenters. The van der Waals surface area contributed by atoms with Crippen LogP contribution in [-0.4, -0.2) is 83.7 Å². The third-order valence-electron chi connectivity index (χ3n) is 8.86. The van der Waals surface area contributed by atoms with Crippen LogP contribution in [-0.2, 0) is 40.1 Å². The van der Waals surface area contributed by atoms with Crippen molar-refractivity contribution in [2.24, 2.45) is 0 Å². The molecule has 2 saturated carbocycles. The minimum absolute atomic E-state index is 0.0112. The van der Waals surface area contributed by atoms with E-state index < -0.39 is 15.5 Å². The molecule has 2 aliphatic carbocycles. The molecule has 2 fully saturated rings. The Balaban J connectivity index is 1.12. The number of hydrogen-bond donors (Lipinski definition) is 0. The lowest BCUT2D eigenvalue weighted by molar-refractivity contribution is 0.118. The maximum absolute atomic E-state index is 14.6. The van der Waals surface area contributed by atoms with Crippen molar-refractivity contribution in [2.45, 2.75) is 90.1 Å². The maximum Gasteiger partial charge on any atom is 0.439 e. The van der Waals surface area contributed by atoms with Crippen molar-refractivity contribution in [3.63, 3.8) is 0 Å². The van der Waals surface area contributed by atoms with Crippen molar-refractivity contribution in [1.29, 1.82) is 0 Å². The average Bonchev–Trinajstić information content (AvgIpc) is 3.96. The van der Waals surface area contributed by atoms with E-state index in [1.165, 1.54) is 0 Å². The standard InChI is InChI=1S/C36H52N4O6P2/c1-27(2)43-47(41,39-25-29(20-22-37(4)5)33-11-7-9-13-35(33)39)44-28(3)19-23-38(6)24-21-30-26-40(36-14-10-8-12-34(30)36)48(42,45-31-15-16-31)46-32-17-18-32/h7-14,25-28,31-32H,15-24H2,1-6H3. The molecule has 48 heavy (non-hydrogen) atoms. The van der Waals surface area contributed by atoms with Gasteiger partial charge in [0, 0.05) is 42.8 Å². The lowest BCUT2D eigenvalue weighted by atomic mass is 10.1. The second-order valence-corrected chi connectivity index (χ2v) is 17.6. The van der Waals surface area contributed by atoms with E-state index in [9.17, 15) is 9.13 Å². The van der Waals surface area contributed by atoms with Gasteiger partial charge in [-0.25, -0.2) is 9.13 Å². The van der Waals surface area contributed by atoms with Crippen LogP contribution in [0.15, 0.2) is 60.9 Å². The van der Waals surface area contributed by atoms with Crippen molar-refractivity contribution < 1.29 is 27.2 Å². The first kappa shape index (κ1) is 35.6. The summed E-state index contributed by atoms with van der Waals surface area (Å²) in [5.74, 6) is 0. The van der Waals surface area contributed by atoms with Crippen LogP contribution in [0.4, 0.5) is 0 Å². The number of fused-ring (bicyclic) bond motifs is 2. The topological polar surface area (TPSA) is 87.4 Å². The zero-order valence-corrected chi connectivity index (χ0v) is 31.1. The molecule has 0 bridgehead atoms. The average molecular weight is 699 g/mol. The Hall–Kier alpha value is -2.26. The summed E-state index contributed by atoms with van der Waals surface area (Å²) in [7, 11) is -0.993. The van der Waals surface area contributed by atoms with E-state index in [2.05, 4.69) is 43.1 Å². The second kappa shape index (κ2) is 14.9. The van der Waals surface area contributed by atoms with E-state index in [1.807, 2.05) is 69.6 Å². The summed E-state index contributed by atoms with van der Waals surface area (Å²) in [5.41, 5.74) is 3.97. The van der Waals surface area contributed by atoms with Crippen LogP contribution in [0.25, 0.3) is 21.8 Å². The number of rotatable bonds is 19. The van der Waals surface area contributed by atoms with Gasteiger partial charge in [0.1, 0.15) is 0 Å². The zero-order chi connectivity index (χ0) is 34.1. The first-order chi connectivity index (χ1) is 22.9. The molecule has 10 nitrogen and oxygen atoms in total. The summed E-state index contributed by atoms with van der Waals surface area (Å²) >= 11 is 0. The molecule has 4 aromatic rings. The summed E-state index contributed by atoms with van der Waals surface area (Å²) in [4.78, 5) is 4.40. The highest BCUT2D eigenvalue weighted by Gasteiger charge is 2.42. The monoisotopic (exact) mass is 698 g/mol. The minimum atomic E-state index is -3.70. The van der Waals surface area contributed by atoms with Gasteiger partial charge in [-0.05, 0) is 110 Å². The number of nitrogens with zero attached hydrogens (tertiary/aromatic N) is 4. The molecule has 2 aromatic heterocycles. The van der Waals surface area contributed by atoms with Gasteiger partial charge >= 0.3 is 15.5 Å². The van der Waals surface area contributed by atoms with Crippen LogP contribution in [0.2, 0.25) is 0 Å². The Morgan fingerprint density at radius 3 is 1.71 bits per heavy atom. The molecule has 0 amide bonds. The number of likely N-dealkylation sites (N-methyl/N-ethyl adjacent to an activating group) is 2. The summed E-state index contributed by atoms with van der Waals surface area (Å²) in [6.45, 7) is 8.16. The Bertz CT molecular complexity index is 1780. The molecular weight excluding hydrogens is 646 g/mol. The van der Waals surface area contributed by atoms with E-state index in [-0.39, 0.29) is 24.4 Å². The van der Waals surface area contributed by atoms with Gasteiger partial charge in [-0.1, -0.05) is 36.4 Å². The predicted octanol–water partition coefficient (Wildman–Crippen LogP) is 8.37. The smallest absolute Gasteiger partial charge is 0.309 e. The van der Waals surface area contributed by atoms with Gasteiger partial charge < -0.3 is 9.80 Å². The lowest BCUT2D eigenvalue weighted by Crippen LogP contribution is -2.26. The first-order valence-electron chi connectivity index (χ1n) is 17.4. The van der Waals surface area contributed by atoms with Crippen LogP contribution >= 0.6 is 15.5 Å². The highest BCUT2D eigenvalue weighted by Crippen LogP contribution is 2.59. The molecular formula is C36H52N4O6P2. The highest BCUT2D eigenvalue weighted by molar-refractivity contribution is 7.52. The molecule has 2 aliphatic rings. The van der Waals surface area contributed by atoms with Gasteiger partial charge in [-0.2, -0.15) is 0 Å². The van der Waals surface area contributed by atoms with Crippen LogP contribution in [0.1, 0.15) is 64.0 Å². The lowest BCUT2D eigenvalue weighted by Gasteiger charge is -2.26. The zero-order valence-electron chi connectivity index (χ0n) is 29.3. The first-order valence-corrected chi connectivity index (χ1v) is 20.4. The fourth-order valence-corrected chi connectivity index (χ4v) is 10.2. The van der Waals surface area contributed by atoms with Gasteiger partial charge in [0.05, 0.1) is 35.4 Å². The molecule has 2 aromatic carbocycles. The number of aromatic nitrogens is 2. The molecule has 0 radical (unpaired) electrons. The largest absolute Gasteiger partial charge is 0.439 e. The van der Waals surface area contributed by atoms with Crippen LogP contribution in [0.3, 0.4) is 0 Å². The van der Waals surface area contributed by atoms with Crippen LogP contribution in [0.5, 0.6) is 0 Å². The molecule has 2 atom stereocenters. The van der Waals surface area contributed by atoms with Crippen LogP contribution < -0.4 is 0 Å². The van der Waals surface area contributed by atoms with Gasteiger partial charge in [0.25, 0.3) is 0 Å². The minimum Gasteiger partial charge on any atom is -0.309 e. The van der Waals surface area contributed by atoms with Crippen LogP contribution in [0, 0.1) is 0 Å².